The minimum absolute atomic E-state index is 0.295. The van der Waals surface area contributed by atoms with E-state index in [0.717, 1.165) is 16.6 Å². The first-order valence-electron chi connectivity index (χ1n) is 6.99. The Morgan fingerprint density at radius 3 is 3.04 bits per heavy atom. The zero-order valence-corrected chi connectivity index (χ0v) is 13.5. The first-order chi connectivity index (χ1) is 11.2. The van der Waals surface area contributed by atoms with Gasteiger partial charge in [0.1, 0.15) is 11.4 Å². The molecule has 0 atom stereocenters. The van der Waals surface area contributed by atoms with Crippen LogP contribution in [0.4, 0.5) is 11.5 Å². The van der Waals surface area contributed by atoms with Crippen molar-refractivity contribution in [1.82, 2.24) is 20.2 Å². The monoisotopic (exact) mass is 329 g/mol. The Bertz CT molecular complexity index is 849. The minimum Gasteiger partial charge on any atom is -0.462 e. The van der Waals surface area contributed by atoms with E-state index in [4.69, 9.17) is 4.74 Å². The van der Waals surface area contributed by atoms with Gasteiger partial charge in [-0.2, -0.15) is 5.10 Å². The van der Waals surface area contributed by atoms with Gasteiger partial charge in [-0.05, 0) is 31.4 Å². The molecule has 2 heterocycles. The van der Waals surface area contributed by atoms with Gasteiger partial charge in [0.05, 0.1) is 18.3 Å². The predicted molar refractivity (Wildman–Crippen MR) is 89.1 cm³/mol. The Morgan fingerprint density at radius 2 is 2.26 bits per heavy atom. The summed E-state index contributed by atoms with van der Waals surface area (Å²) >= 11 is 1.40. The number of hydrogen-bond acceptors (Lipinski definition) is 7. The number of esters is 1. The molecule has 0 fully saturated rings. The highest BCUT2D eigenvalue weighted by atomic mass is 32.2. The molecule has 0 spiro atoms. The molecule has 0 bridgehead atoms. The third kappa shape index (κ3) is 3.26. The number of carbonyl (C=O) groups excluding carboxylic acids is 1. The molecule has 0 saturated heterocycles. The molecule has 23 heavy (non-hydrogen) atoms. The van der Waals surface area contributed by atoms with E-state index < -0.39 is 5.97 Å². The second-order valence-electron chi connectivity index (χ2n) is 4.64. The van der Waals surface area contributed by atoms with Crippen LogP contribution in [0.1, 0.15) is 17.3 Å². The number of fused-ring (bicyclic) bond motifs is 1. The lowest BCUT2D eigenvalue weighted by molar-refractivity contribution is 0.0526. The molecule has 0 aliphatic carbocycles. The van der Waals surface area contributed by atoms with Gasteiger partial charge in [-0.3, -0.25) is 5.10 Å². The van der Waals surface area contributed by atoms with Crippen LogP contribution < -0.4 is 5.32 Å². The molecule has 3 aromatic rings. The summed E-state index contributed by atoms with van der Waals surface area (Å²) in [5.74, 6) is -0.0299. The van der Waals surface area contributed by atoms with Crippen LogP contribution in [-0.4, -0.2) is 39.0 Å². The smallest absolute Gasteiger partial charge is 0.343 e. The van der Waals surface area contributed by atoms with Crippen molar-refractivity contribution in [2.24, 2.45) is 0 Å². The number of carbonyl (C=O) groups is 1. The fraction of sp³-hybridized carbons (Fsp3) is 0.200. The standard InChI is InChI=1S/C15H15N5O2S/c1-3-22-14(21)11-8-16-15(23-2)19-13(11)18-10-4-5-12-9(6-10)7-17-20-12/h4-8H,3H2,1-2H3,(H,17,20)(H,16,18,19). The van der Waals surface area contributed by atoms with Gasteiger partial charge in [-0.25, -0.2) is 14.8 Å². The first kappa shape index (κ1) is 15.3. The average Bonchev–Trinajstić information content (AvgIpc) is 3.02. The lowest BCUT2D eigenvalue weighted by Gasteiger charge is -2.11. The topological polar surface area (TPSA) is 92.8 Å². The number of thioether (sulfide) groups is 1. The molecule has 118 valence electrons. The number of rotatable bonds is 5. The number of H-pyrrole nitrogens is 1. The summed E-state index contributed by atoms with van der Waals surface area (Å²) in [6, 6.07) is 5.72. The lowest BCUT2D eigenvalue weighted by atomic mass is 10.2. The Kier molecular flexibility index (Phi) is 4.42. The summed E-state index contributed by atoms with van der Waals surface area (Å²) in [4.78, 5) is 20.6. The fourth-order valence-electron chi connectivity index (χ4n) is 2.07. The van der Waals surface area contributed by atoms with Crippen LogP contribution >= 0.6 is 11.8 Å². The van der Waals surface area contributed by atoms with Gasteiger partial charge >= 0.3 is 5.97 Å². The van der Waals surface area contributed by atoms with Crippen LogP contribution in [0.3, 0.4) is 0 Å². The van der Waals surface area contributed by atoms with Crippen molar-refractivity contribution >= 4 is 40.1 Å². The molecule has 0 amide bonds. The third-order valence-corrected chi connectivity index (χ3v) is 3.71. The van der Waals surface area contributed by atoms with Crippen molar-refractivity contribution in [2.45, 2.75) is 12.1 Å². The Labute approximate surface area is 136 Å². The van der Waals surface area contributed by atoms with Crippen LogP contribution in [0.5, 0.6) is 0 Å². The number of anilines is 2. The molecule has 0 unspecified atom stereocenters. The highest BCUT2D eigenvalue weighted by Gasteiger charge is 2.16. The Balaban J connectivity index is 1.97. The molecule has 7 nitrogen and oxygen atoms in total. The van der Waals surface area contributed by atoms with E-state index >= 15 is 0 Å². The van der Waals surface area contributed by atoms with Crippen LogP contribution in [-0.2, 0) is 4.74 Å². The third-order valence-electron chi connectivity index (χ3n) is 3.15. The fourth-order valence-corrected chi connectivity index (χ4v) is 2.42. The summed E-state index contributed by atoms with van der Waals surface area (Å²) in [5, 5.41) is 11.6. The Hall–Kier alpha value is -2.61. The second-order valence-corrected chi connectivity index (χ2v) is 5.41. The molecule has 0 aliphatic rings. The molecule has 1 aromatic carbocycles. The summed E-state index contributed by atoms with van der Waals surface area (Å²) in [7, 11) is 0. The SMILES string of the molecule is CCOC(=O)c1cnc(SC)nc1Nc1ccc2[nH]ncc2c1. The summed E-state index contributed by atoms with van der Waals surface area (Å²) < 4.78 is 5.06. The molecule has 0 saturated carbocycles. The molecule has 3 rings (SSSR count). The highest BCUT2D eigenvalue weighted by molar-refractivity contribution is 7.98. The maximum atomic E-state index is 12.1. The molecular formula is C15H15N5O2S. The number of nitrogens with one attached hydrogen (secondary N) is 2. The van der Waals surface area contributed by atoms with Crippen LogP contribution in [0, 0.1) is 0 Å². The van der Waals surface area contributed by atoms with Crippen LogP contribution in [0.15, 0.2) is 35.7 Å². The highest BCUT2D eigenvalue weighted by Crippen LogP contribution is 2.24. The van der Waals surface area contributed by atoms with Gasteiger partial charge in [0.15, 0.2) is 5.16 Å². The van der Waals surface area contributed by atoms with E-state index in [1.165, 1.54) is 18.0 Å². The number of benzene rings is 1. The predicted octanol–water partition coefficient (Wildman–Crippen LogP) is 3.00. The number of hydrogen-bond donors (Lipinski definition) is 2. The average molecular weight is 329 g/mol. The normalized spacial score (nSPS) is 10.7. The van der Waals surface area contributed by atoms with E-state index in [2.05, 4.69) is 25.5 Å². The summed E-state index contributed by atoms with van der Waals surface area (Å²) in [5.41, 5.74) is 2.04. The number of ether oxygens (including phenoxy) is 1. The van der Waals surface area contributed by atoms with Crippen molar-refractivity contribution in [3.8, 4) is 0 Å². The summed E-state index contributed by atoms with van der Waals surface area (Å²) in [6.07, 6.45) is 5.09. The molecule has 0 aliphatic heterocycles. The second kappa shape index (κ2) is 6.66. The van der Waals surface area contributed by atoms with Crippen molar-refractivity contribution in [3.63, 3.8) is 0 Å². The van der Waals surface area contributed by atoms with Crippen LogP contribution in [0.25, 0.3) is 10.9 Å². The number of aromatic nitrogens is 4. The Morgan fingerprint density at radius 1 is 1.39 bits per heavy atom. The zero-order chi connectivity index (χ0) is 16.2. The van der Waals surface area contributed by atoms with E-state index in [-0.39, 0.29) is 0 Å². The lowest BCUT2D eigenvalue weighted by Crippen LogP contribution is -2.10. The number of aromatic amines is 1. The van der Waals surface area contributed by atoms with E-state index in [1.54, 1.807) is 13.1 Å². The van der Waals surface area contributed by atoms with Gasteiger partial charge < -0.3 is 10.1 Å². The van der Waals surface area contributed by atoms with Gasteiger partial charge in [-0.1, -0.05) is 11.8 Å². The molecular weight excluding hydrogens is 314 g/mol. The van der Waals surface area contributed by atoms with E-state index in [0.29, 0.717) is 23.1 Å². The van der Waals surface area contributed by atoms with E-state index in [1.807, 2.05) is 24.5 Å². The van der Waals surface area contributed by atoms with Gasteiger partial charge in [0.25, 0.3) is 0 Å². The quantitative estimate of drug-likeness (QED) is 0.422. The van der Waals surface area contributed by atoms with E-state index in [9.17, 15) is 4.79 Å². The van der Waals surface area contributed by atoms with Crippen molar-refractivity contribution in [1.29, 1.82) is 0 Å². The van der Waals surface area contributed by atoms with Crippen molar-refractivity contribution in [2.75, 3.05) is 18.2 Å². The minimum atomic E-state index is -0.452. The molecule has 8 heteroatoms. The maximum Gasteiger partial charge on any atom is 0.343 e. The largest absolute Gasteiger partial charge is 0.462 e. The van der Waals surface area contributed by atoms with Crippen molar-refractivity contribution < 1.29 is 9.53 Å². The summed E-state index contributed by atoms with van der Waals surface area (Å²) in [6.45, 7) is 2.05. The van der Waals surface area contributed by atoms with Crippen LogP contribution in [0.2, 0.25) is 0 Å². The number of nitrogens with zero attached hydrogens (tertiary/aromatic N) is 3. The van der Waals surface area contributed by atoms with Gasteiger partial charge in [-0.15, -0.1) is 0 Å². The molecule has 2 N–H and O–H groups in total. The zero-order valence-electron chi connectivity index (χ0n) is 12.7. The van der Waals surface area contributed by atoms with Gasteiger partial charge in [0.2, 0.25) is 0 Å². The van der Waals surface area contributed by atoms with Crippen molar-refractivity contribution in [3.05, 3.63) is 36.2 Å². The maximum absolute atomic E-state index is 12.1. The van der Waals surface area contributed by atoms with Gasteiger partial charge in [0, 0.05) is 17.3 Å². The molecule has 2 aromatic heterocycles. The first-order valence-corrected chi connectivity index (χ1v) is 8.22. The molecule has 0 radical (unpaired) electrons.